The normalized spacial score (nSPS) is 29.3. The van der Waals surface area contributed by atoms with Crippen LogP contribution in [0.4, 0.5) is 0 Å². The Balaban J connectivity index is 1.63. The van der Waals surface area contributed by atoms with E-state index in [9.17, 15) is 5.11 Å². The molecule has 172 valence electrons. The maximum atomic E-state index is 9.52. The van der Waals surface area contributed by atoms with Crippen molar-refractivity contribution in [2.24, 2.45) is 0 Å². The molecule has 2 aliphatic heterocycles. The second-order valence-electron chi connectivity index (χ2n) is 9.02. The molecule has 2 N–H and O–H groups in total. The van der Waals surface area contributed by atoms with Gasteiger partial charge in [0.1, 0.15) is 18.3 Å². The summed E-state index contributed by atoms with van der Waals surface area (Å²) >= 11 is 0. The van der Waals surface area contributed by atoms with Crippen molar-refractivity contribution in [3.05, 3.63) is 0 Å². The Kier molecular flexibility index (Phi) is 11.4. The van der Waals surface area contributed by atoms with E-state index in [1.165, 1.54) is 57.8 Å². The predicted octanol–water partition coefficient (Wildman–Crippen LogP) is 4.14. The molecule has 0 saturated carbocycles. The summed E-state index contributed by atoms with van der Waals surface area (Å²) in [7, 11) is 1.69. The fraction of sp³-hybridized carbons (Fsp3) is 1.00. The van der Waals surface area contributed by atoms with Crippen molar-refractivity contribution in [1.82, 2.24) is 5.32 Å². The van der Waals surface area contributed by atoms with Gasteiger partial charge in [-0.2, -0.15) is 0 Å². The minimum atomic E-state index is -0.646. The standard InChI is InChI=1S/C23H45NO5/c1-5-6-7-8-9-10-11-12-13-14-16-24-18(15-17-25)19-20(26-4)21-22(27-19)29-23(2,3)28-21/h18-22,24-25H,5-17H2,1-4H3/t18?,19?,20-,21?,22?/m0/s1. The van der Waals surface area contributed by atoms with Crippen LogP contribution in [0.1, 0.15) is 91.4 Å². The highest BCUT2D eigenvalue weighted by atomic mass is 16.8. The summed E-state index contributed by atoms with van der Waals surface area (Å²) in [5.74, 6) is -0.646. The van der Waals surface area contributed by atoms with Crippen molar-refractivity contribution in [2.75, 3.05) is 20.3 Å². The Morgan fingerprint density at radius 2 is 1.59 bits per heavy atom. The van der Waals surface area contributed by atoms with Gasteiger partial charge in [0, 0.05) is 19.8 Å². The number of unbranched alkanes of at least 4 members (excludes halogenated alkanes) is 9. The van der Waals surface area contributed by atoms with E-state index in [0.717, 1.165) is 13.0 Å². The van der Waals surface area contributed by atoms with Gasteiger partial charge in [-0.05, 0) is 33.2 Å². The van der Waals surface area contributed by atoms with Gasteiger partial charge < -0.3 is 29.4 Å². The number of hydrogen-bond acceptors (Lipinski definition) is 6. The molecule has 6 nitrogen and oxygen atoms in total. The van der Waals surface area contributed by atoms with Crippen LogP contribution in [0.15, 0.2) is 0 Å². The van der Waals surface area contributed by atoms with Crippen LogP contribution in [0, 0.1) is 0 Å². The van der Waals surface area contributed by atoms with E-state index in [-0.39, 0.29) is 31.0 Å². The summed E-state index contributed by atoms with van der Waals surface area (Å²) in [6.07, 6.45) is 12.9. The first-order chi connectivity index (χ1) is 14.0. The second-order valence-corrected chi connectivity index (χ2v) is 9.02. The van der Waals surface area contributed by atoms with E-state index in [4.69, 9.17) is 18.9 Å². The maximum absolute atomic E-state index is 9.52. The van der Waals surface area contributed by atoms with E-state index < -0.39 is 12.1 Å². The zero-order chi connectivity index (χ0) is 21.1. The summed E-state index contributed by atoms with van der Waals surface area (Å²) in [5, 5.41) is 13.1. The van der Waals surface area contributed by atoms with Gasteiger partial charge in [-0.1, -0.05) is 64.7 Å². The molecule has 29 heavy (non-hydrogen) atoms. The van der Waals surface area contributed by atoms with Gasteiger partial charge in [-0.15, -0.1) is 0 Å². The van der Waals surface area contributed by atoms with Crippen molar-refractivity contribution in [3.63, 3.8) is 0 Å². The number of rotatable bonds is 16. The largest absolute Gasteiger partial charge is 0.396 e. The number of hydrogen-bond donors (Lipinski definition) is 2. The monoisotopic (exact) mass is 415 g/mol. The van der Waals surface area contributed by atoms with Crippen molar-refractivity contribution in [3.8, 4) is 0 Å². The highest BCUT2D eigenvalue weighted by Crippen LogP contribution is 2.39. The number of methoxy groups -OCH3 is 1. The summed E-state index contributed by atoms with van der Waals surface area (Å²) in [6, 6.07) is 0.0319. The van der Waals surface area contributed by atoms with Gasteiger partial charge in [0.25, 0.3) is 0 Å². The molecule has 2 aliphatic rings. The minimum Gasteiger partial charge on any atom is -0.396 e. The lowest BCUT2D eigenvalue weighted by molar-refractivity contribution is -0.220. The first-order valence-corrected chi connectivity index (χ1v) is 11.9. The molecular formula is C23H45NO5. The third-order valence-corrected chi connectivity index (χ3v) is 6.07. The average molecular weight is 416 g/mol. The highest BCUT2D eigenvalue weighted by Gasteiger charge is 2.56. The lowest BCUT2D eigenvalue weighted by Gasteiger charge is -2.30. The molecule has 0 radical (unpaired) electrons. The Bertz CT molecular complexity index is 433. The Labute approximate surface area is 178 Å². The summed E-state index contributed by atoms with van der Waals surface area (Å²) in [5.41, 5.74) is 0. The van der Waals surface area contributed by atoms with E-state index in [1.807, 2.05) is 13.8 Å². The van der Waals surface area contributed by atoms with E-state index in [2.05, 4.69) is 12.2 Å². The highest BCUT2D eigenvalue weighted by molar-refractivity contribution is 4.98. The van der Waals surface area contributed by atoms with Gasteiger partial charge in [-0.25, -0.2) is 0 Å². The maximum Gasteiger partial charge on any atom is 0.190 e. The van der Waals surface area contributed by atoms with Crippen LogP contribution < -0.4 is 5.32 Å². The zero-order valence-electron chi connectivity index (χ0n) is 19.2. The van der Waals surface area contributed by atoms with Crippen LogP contribution >= 0.6 is 0 Å². The third-order valence-electron chi connectivity index (χ3n) is 6.07. The fourth-order valence-electron chi connectivity index (χ4n) is 4.52. The van der Waals surface area contributed by atoms with Gasteiger partial charge in [-0.3, -0.25) is 0 Å². The van der Waals surface area contributed by atoms with Crippen molar-refractivity contribution < 1.29 is 24.1 Å². The molecule has 0 spiro atoms. The summed E-state index contributed by atoms with van der Waals surface area (Å²) < 4.78 is 23.7. The van der Waals surface area contributed by atoms with Crippen molar-refractivity contribution in [2.45, 2.75) is 128 Å². The topological polar surface area (TPSA) is 69.2 Å². The molecule has 0 amide bonds. The van der Waals surface area contributed by atoms with Crippen LogP contribution in [-0.4, -0.2) is 61.8 Å². The van der Waals surface area contributed by atoms with E-state index >= 15 is 0 Å². The first-order valence-electron chi connectivity index (χ1n) is 11.9. The number of ether oxygens (including phenoxy) is 4. The van der Waals surface area contributed by atoms with Gasteiger partial charge in [0.15, 0.2) is 12.1 Å². The molecule has 2 heterocycles. The van der Waals surface area contributed by atoms with Gasteiger partial charge >= 0.3 is 0 Å². The van der Waals surface area contributed by atoms with Crippen molar-refractivity contribution in [1.29, 1.82) is 0 Å². The molecule has 0 bridgehead atoms. The Morgan fingerprint density at radius 1 is 0.966 bits per heavy atom. The molecule has 4 unspecified atom stereocenters. The summed E-state index contributed by atoms with van der Waals surface area (Å²) in [6.45, 7) is 7.10. The Hall–Kier alpha value is -0.240. The zero-order valence-corrected chi connectivity index (χ0v) is 19.2. The lowest BCUT2D eigenvalue weighted by atomic mass is 10.0. The van der Waals surface area contributed by atoms with Crippen LogP contribution in [0.2, 0.25) is 0 Å². The smallest absolute Gasteiger partial charge is 0.190 e. The van der Waals surface area contributed by atoms with Crippen LogP contribution in [0.3, 0.4) is 0 Å². The SMILES string of the molecule is CCCCCCCCCCCCNC(CCO)C1OC2OC(C)(C)OC2[C@H]1OC. The van der Waals surface area contributed by atoms with E-state index in [1.54, 1.807) is 7.11 Å². The Morgan fingerprint density at radius 3 is 2.17 bits per heavy atom. The van der Waals surface area contributed by atoms with Crippen LogP contribution in [0.5, 0.6) is 0 Å². The molecule has 0 aromatic rings. The number of fused-ring (bicyclic) bond motifs is 1. The average Bonchev–Trinajstić information content (AvgIpc) is 3.16. The number of aliphatic hydroxyl groups is 1. The van der Waals surface area contributed by atoms with E-state index in [0.29, 0.717) is 6.42 Å². The molecular weight excluding hydrogens is 370 g/mol. The fourth-order valence-corrected chi connectivity index (χ4v) is 4.52. The van der Waals surface area contributed by atoms with Gasteiger partial charge in [0.2, 0.25) is 0 Å². The third kappa shape index (κ3) is 8.08. The van der Waals surface area contributed by atoms with Gasteiger partial charge in [0.05, 0.1) is 0 Å². The minimum absolute atomic E-state index is 0.0319. The second kappa shape index (κ2) is 13.2. The molecule has 2 fully saturated rings. The molecule has 0 aliphatic carbocycles. The molecule has 2 saturated heterocycles. The first kappa shape index (κ1) is 25.0. The lowest BCUT2D eigenvalue weighted by Crippen LogP contribution is -2.49. The molecule has 6 heteroatoms. The molecule has 0 aromatic heterocycles. The summed E-state index contributed by atoms with van der Waals surface area (Å²) in [4.78, 5) is 0. The molecule has 2 rings (SSSR count). The van der Waals surface area contributed by atoms with Crippen LogP contribution in [0.25, 0.3) is 0 Å². The molecule has 0 aromatic carbocycles. The number of aliphatic hydroxyl groups excluding tert-OH is 1. The van der Waals surface area contributed by atoms with Crippen LogP contribution in [-0.2, 0) is 18.9 Å². The van der Waals surface area contributed by atoms with Crippen molar-refractivity contribution >= 4 is 0 Å². The molecule has 5 atom stereocenters. The quantitative estimate of drug-likeness (QED) is 0.369. The predicted molar refractivity (Wildman–Crippen MR) is 115 cm³/mol. The number of nitrogens with one attached hydrogen (secondary N) is 1.